The van der Waals surface area contributed by atoms with E-state index < -0.39 is 0 Å². The fraction of sp³-hybridized carbons (Fsp3) is 0.600. The van der Waals surface area contributed by atoms with Gasteiger partial charge in [0.15, 0.2) is 5.96 Å². The Morgan fingerprint density at radius 3 is 2.74 bits per heavy atom. The van der Waals surface area contributed by atoms with Crippen molar-refractivity contribution in [3.05, 3.63) is 29.3 Å². The molecule has 0 spiro atoms. The molecule has 152 valence electrons. The molecule has 7 heteroatoms. The summed E-state index contributed by atoms with van der Waals surface area (Å²) in [5.74, 6) is 0.682. The third kappa shape index (κ3) is 6.55. The van der Waals surface area contributed by atoms with Crippen molar-refractivity contribution in [3.8, 4) is 0 Å². The Balaban J connectivity index is 0.00000364. The lowest BCUT2D eigenvalue weighted by atomic mass is 9.98. The summed E-state index contributed by atoms with van der Waals surface area (Å²) in [5, 5.41) is 3.45. The molecule has 0 bridgehead atoms. The van der Waals surface area contributed by atoms with E-state index in [0.29, 0.717) is 19.7 Å². The first-order chi connectivity index (χ1) is 12.5. The molecule has 0 aromatic heterocycles. The summed E-state index contributed by atoms with van der Waals surface area (Å²) in [6.07, 6.45) is 1.86. The molecule has 6 nitrogen and oxygen atoms in total. The van der Waals surface area contributed by atoms with Gasteiger partial charge >= 0.3 is 5.97 Å². The summed E-state index contributed by atoms with van der Waals surface area (Å²) in [5.41, 5.74) is 3.70. The van der Waals surface area contributed by atoms with Gasteiger partial charge in [0.25, 0.3) is 0 Å². The number of benzene rings is 1. The van der Waals surface area contributed by atoms with Crippen molar-refractivity contribution in [3.63, 3.8) is 0 Å². The van der Waals surface area contributed by atoms with E-state index >= 15 is 0 Å². The molecule has 1 aromatic rings. The molecule has 0 amide bonds. The van der Waals surface area contributed by atoms with Crippen molar-refractivity contribution in [2.75, 3.05) is 45.7 Å². The normalized spacial score (nSPS) is 17.1. The highest BCUT2D eigenvalue weighted by Crippen LogP contribution is 2.19. The summed E-state index contributed by atoms with van der Waals surface area (Å²) >= 11 is 0. The molecule has 1 atom stereocenters. The molecule has 1 heterocycles. The van der Waals surface area contributed by atoms with E-state index in [1.54, 1.807) is 7.05 Å². The third-order valence-electron chi connectivity index (χ3n) is 4.83. The number of nitrogens with one attached hydrogen (secondary N) is 1. The van der Waals surface area contributed by atoms with Gasteiger partial charge < -0.3 is 19.9 Å². The minimum absolute atomic E-state index is 0. The van der Waals surface area contributed by atoms with Gasteiger partial charge in [0, 0.05) is 46.5 Å². The van der Waals surface area contributed by atoms with Crippen molar-refractivity contribution < 1.29 is 9.53 Å². The largest absolute Gasteiger partial charge is 0.466 e. The van der Waals surface area contributed by atoms with Crippen molar-refractivity contribution in [2.24, 2.45) is 10.9 Å². The number of rotatable bonds is 5. The maximum absolute atomic E-state index is 12.1. The number of anilines is 1. The van der Waals surface area contributed by atoms with E-state index in [9.17, 15) is 4.79 Å². The number of esters is 1. The molecule has 1 aliphatic rings. The zero-order valence-electron chi connectivity index (χ0n) is 17.1. The number of aliphatic imine (C=N–C) groups is 1. The van der Waals surface area contributed by atoms with Gasteiger partial charge in [-0.25, -0.2) is 0 Å². The second-order valence-corrected chi connectivity index (χ2v) is 6.94. The predicted octanol–water partition coefficient (Wildman–Crippen LogP) is 3.03. The van der Waals surface area contributed by atoms with Crippen LogP contribution in [0.25, 0.3) is 0 Å². The molecule has 1 N–H and O–H groups in total. The number of carbonyl (C=O) groups is 1. The van der Waals surface area contributed by atoms with Crippen molar-refractivity contribution in [2.45, 2.75) is 33.2 Å². The van der Waals surface area contributed by atoms with Crippen LogP contribution in [0.15, 0.2) is 23.2 Å². The van der Waals surface area contributed by atoms with E-state index in [2.05, 4.69) is 45.2 Å². The van der Waals surface area contributed by atoms with Crippen LogP contribution in [0, 0.1) is 12.8 Å². The van der Waals surface area contributed by atoms with Crippen LogP contribution >= 0.6 is 24.0 Å². The molecule has 0 unspecified atom stereocenters. The van der Waals surface area contributed by atoms with Gasteiger partial charge in [-0.15, -0.1) is 24.0 Å². The van der Waals surface area contributed by atoms with Gasteiger partial charge in [-0.1, -0.05) is 6.07 Å². The van der Waals surface area contributed by atoms with E-state index in [4.69, 9.17) is 4.74 Å². The smallest absolute Gasteiger partial charge is 0.310 e. The van der Waals surface area contributed by atoms with Gasteiger partial charge in [0.2, 0.25) is 0 Å². The van der Waals surface area contributed by atoms with Crippen LogP contribution in [0.2, 0.25) is 0 Å². The van der Waals surface area contributed by atoms with E-state index in [1.165, 1.54) is 16.8 Å². The Hall–Kier alpha value is -1.51. The zero-order chi connectivity index (χ0) is 19.1. The maximum atomic E-state index is 12.1. The lowest BCUT2D eigenvalue weighted by molar-refractivity contribution is -0.149. The standard InChI is InChI=1S/C20H32N4O2.HI/c1-6-26-19(25)17-8-7-11-24(14-17)20(21-3)22-13-16-9-10-18(23(4)5)12-15(16)2;/h9-10,12,17H,6-8,11,13-14H2,1-5H3,(H,21,22);1H/t17-;/m0./s1. The number of aryl methyl sites for hydroxylation is 1. The first-order valence-electron chi connectivity index (χ1n) is 9.35. The van der Waals surface area contributed by atoms with Crippen LogP contribution in [0.4, 0.5) is 5.69 Å². The topological polar surface area (TPSA) is 57.2 Å². The van der Waals surface area contributed by atoms with Gasteiger partial charge in [-0.2, -0.15) is 0 Å². The highest BCUT2D eigenvalue weighted by Gasteiger charge is 2.28. The molecule has 1 saturated heterocycles. The Morgan fingerprint density at radius 1 is 1.41 bits per heavy atom. The number of halogens is 1. The van der Waals surface area contributed by atoms with Gasteiger partial charge in [-0.3, -0.25) is 9.79 Å². The molecule has 2 rings (SSSR count). The third-order valence-corrected chi connectivity index (χ3v) is 4.83. The summed E-state index contributed by atoms with van der Waals surface area (Å²) in [7, 11) is 5.88. The monoisotopic (exact) mass is 488 g/mol. The molecule has 0 aliphatic carbocycles. The summed E-state index contributed by atoms with van der Waals surface area (Å²) in [4.78, 5) is 20.7. The summed E-state index contributed by atoms with van der Waals surface area (Å²) in [6, 6.07) is 6.48. The first kappa shape index (κ1) is 23.5. The van der Waals surface area contributed by atoms with Crippen LogP contribution < -0.4 is 10.2 Å². The van der Waals surface area contributed by atoms with Crippen LogP contribution in [0.1, 0.15) is 30.9 Å². The Labute approximate surface area is 180 Å². The number of hydrogen-bond donors (Lipinski definition) is 1. The molecule has 0 saturated carbocycles. The minimum Gasteiger partial charge on any atom is -0.466 e. The summed E-state index contributed by atoms with van der Waals surface area (Å²) < 4.78 is 5.19. The van der Waals surface area contributed by atoms with Gasteiger partial charge in [0.05, 0.1) is 12.5 Å². The van der Waals surface area contributed by atoms with Crippen molar-refractivity contribution in [1.82, 2.24) is 10.2 Å². The van der Waals surface area contributed by atoms with Crippen LogP contribution in [0.5, 0.6) is 0 Å². The SMILES string of the molecule is CCOC(=O)[C@H]1CCCN(C(=NC)NCc2ccc(N(C)C)cc2C)C1.I. The van der Waals surface area contributed by atoms with E-state index in [1.807, 2.05) is 21.0 Å². The Kier molecular flexibility index (Phi) is 9.90. The highest BCUT2D eigenvalue weighted by molar-refractivity contribution is 14.0. The number of carbonyl (C=O) groups excluding carboxylic acids is 1. The van der Waals surface area contributed by atoms with Crippen LogP contribution in [-0.2, 0) is 16.1 Å². The molecule has 27 heavy (non-hydrogen) atoms. The molecular formula is C20H33IN4O2. The maximum Gasteiger partial charge on any atom is 0.310 e. The fourth-order valence-corrected chi connectivity index (χ4v) is 3.29. The van der Waals surface area contributed by atoms with Gasteiger partial charge in [0.1, 0.15) is 0 Å². The summed E-state index contributed by atoms with van der Waals surface area (Å²) in [6.45, 7) is 6.70. The number of nitrogens with zero attached hydrogens (tertiary/aromatic N) is 3. The van der Waals surface area contributed by atoms with E-state index in [-0.39, 0.29) is 35.9 Å². The number of piperidine rings is 1. The van der Waals surface area contributed by atoms with Crippen LogP contribution in [0.3, 0.4) is 0 Å². The van der Waals surface area contributed by atoms with Crippen molar-refractivity contribution in [1.29, 1.82) is 0 Å². The van der Waals surface area contributed by atoms with Crippen LogP contribution in [-0.4, -0.2) is 57.7 Å². The minimum atomic E-state index is -0.0947. The van der Waals surface area contributed by atoms with Gasteiger partial charge in [-0.05, 0) is 49.9 Å². The first-order valence-corrected chi connectivity index (χ1v) is 9.35. The zero-order valence-corrected chi connectivity index (χ0v) is 19.4. The van der Waals surface area contributed by atoms with Crippen molar-refractivity contribution >= 4 is 41.6 Å². The Bertz CT molecular complexity index is 649. The average molecular weight is 488 g/mol. The fourth-order valence-electron chi connectivity index (χ4n) is 3.29. The molecule has 1 fully saturated rings. The quantitative estimate of drug-likeness (QED) is 0.299. The lowest BCUT2D eigenvalue weighted by Gasteiger charge is -2.34. The molecular weight excluding hydrogens is 455 g/mol. The second-order valence-electron chi connectivity index (χ2n) is 6.94. The molecule has 1 aromatic carbocycles. The highest BCUT2D eigenvalue weighted by atomic mass is 127. The second kappa shape index (κ2) is 11.4. The number of ether oxygens (including phenoxy) is 1. The predicted molar refractivity (Wildman–Crippen MR) is 122 cm³/mol. The lowest BCUT2D eigenvalue weighted by Crippen LogP contribution is -2.48. The average Bonchev–Trinajstić information content (AvgIpc) is 2.63. The molecule has 1 aliphatic heterocycles. The number of guanidine groups is 1. The Morgan fingerprint density at radius 2 is 2.15 bits per heavy atom. The number of likely N-dealkylation sites (tertiary alicyclic amines) is 1. The number of hydrogen-bond acceptors (Lipinski definition) is 4. The molecule has 0 radical (unpaired) electrons. The van der Waals surface area contributed by atoms with E-state index in [0.717, 1.165) is 25.3 Å².